The Labute approximate surface area is 58.4 Å². The van der Waals surface area contributed by atoms with Crippen LogP contribution in [0.4, 0.5) is 0 Å². The van der Waals surface area contributed by atoms with Crippen LogP contribution >= 0.6 is 0 Å². The first kappa shape index (κ1) is 7.22. The smallest absolute Gasteiger partial charge is 0.0893 e. The average molecular weight is 147 g/mol. The Hall–Kier alpha value is 0.110. The largest absolute Gasteiger partial charge is 0.252 e. The summed E-state index contributed by atoms with van der Waals surface area (Å²) >= 11 is 0. The van der Waals surface area contributed by atoms with Crippen molar-refractivity contribution in [3.05, 3.63) is 0 Å². The van der Waals surface area contributed by atoms with Crippen LogP contribution in [0.5, 0.6) is 0 Å². The summed E-state index contributed by atoms with van der Waals surface area (Å²) in [5.74, 6) is 0.688. The molecule has 9 heavy (non-hydrogen) atoms. The third-order valence-electron chi connectivity index (χ3n) is 2.05. The summed E-state index contributed by atoms with van der Waals surface area (Å²) in [6.45, 7) is 2.15. The van der Waals surface area contributed by atoms with Gasteiger partial charge in [0.15, 0.2) is 0 Å². The van der Waals surface area contributed by atoms with Crippen molar-refractivity contribution in [2.75, 3.05) is 5.75 Å². The van der Waals surface area contributed by atoms with Crippen molar-refractivity contribution in [1.82, 2.24) is 0 Å². The zero-order valence-corrected chi connectivity index (χ0v) is 6.54. The van der Waals surface area contributed by atoms with Gasteiger partial charge in [0.05, 0.1) is 11.0 Å². The van der Waals surface area contributed by atoms with Crippen LogP contribution in [0.15, 0.2) is 0 Å². The standard InChI is InChI=1S/C6H13NOS/c1-6(3-2-4-6)5-9(7)8/h2-5,7H2,1H3. The molecule has 1 rings (SSSR count). The number of hydrogen-bond acceptors (Lipinski definition) is 1. The van der Waals surface area contributed by atoms with E-state index < -0.39 is 11.0 Å². The fourth-order valence-corrected chi connectivity index (χ4v) is 2.24. The minimum atomic E-state index is -1.08. The monoisotopic (exact) mass is 147 g/mol. The zero-order valence-electron chi connectivity index (χ0n) is 5.72. The van der Waals surface area contributed by atoms with E-state index in [4.69, 9.17) is 5.14 Å². The highest BCUT2D eigenvalue weighted by Crippen LogP contribution is 2.40. The summed E-state index contributed by atoms with van der Waals surface area (Å²) in [5.41, 5.74) is 0.319. The van der Waals surface area contributed by atoms with Gasteiger partial charge in [0.25, 0.3) is 0 Å². The van der Waals surface area contributed by atoms with Crippen LogP contribution in [0.2, 0.25) is 0 Å². The van der Waals surface area contributed by atoms with E-state index in [0.29, 0.717) is 11.2 Å². The number of nitrogens with two attached hydrogens (primary N) is 1. The van der Waals surface area contributed by atoms with E-state index in [-0.39, 0.29) is 0 Å². The molecule has 1 saturated carbocycles. The van der Waals surface area contributed by atoms with Crippen LogP contribution in [-0.4, -0.2) is 9.96 Å². The van der Waals surface area contributed by atoms with E-state index in [1.54, 1.807) is 0 Å². The molecule has 1 aliphatic rings. The van der Waals surface area contributed by atoms with Gasteiger partial charge in [-0.1, -0.05) is 13.3 Å². The van der Waals surface area contributed by atoms with Crippen LogP contribution in [0.3, 0.4) is 0 Å². The molecule has 1 fully saturated rings. The zero-order chi connectivity index (χ0) is 6.91. The predicted octanol–water partition coefficient (Wildman–Crippen LogP) is 0.799. The molecule has 3 heteroatoms. The molecule has 0 aliphatic heterocycles. The van der Waals surface area contributed by atoms with Crippen molar-refractivity contribution in [3.8, 4) is 0 Å². The minimum absolute atomic E-state index is 0.319. The third-order valence-corrected chi connectivity index (χ3v) is 3.03. The Morgan fingerprint density at radius 1 is 1.67 bits per heavy atom. The Balaban J connectivity index is 2.33. The van der Waals surface area contributed by atoms with Gasteiger partial charge in [0.2, 0.25) is 0 Å². The highest BCUT2D eigenvalue weighted by Gasteiger charge is 2.32. The topological polar surface area (TPSA) is 43.1 Å². The maximum absolute atomic E-state index is 10.5. The second kappa shape index (κ2) is 2.39. The molecule has 0 spiro atoms. The number of hydrogen-bond donors (Lipinski definition) is 1. The highest BCUT2D eigenvalue weighted by atomic mass is 32.2. The van der Waals surface area contributed by atoms with Crippen molar-refractivity contribution < 1.29 is 4.21 Å². The molecule has 2 N–H and O–H groups in total. The van der Waals surface area contributed by atoms with Crippen LogP contribution in [0.1, 0.15) is 26.2 Å². The van der Waals surface area contributed by atoms with Gasteiger partial charge < -0.3 is 0 Å². The first-order valence-corrected chi connectivity index (χ1v) is 4.63. The molecule has 0 amide bonds. The van der Waals surface area contributed by atoms with E-state index in [2.05, 4.69) is 6.92 Å². The molecule has 0 bridgehead atoms. The molecule has 1 aliphatic carbocycles. The van der Waals surface area contributed by atoms with Crippen molar-refractivity contribution in [3.63, 3.8) is 0 Å². The molecule has 0 aromatic heterocycles. The molecular weight excluding hydrogens is 134 g/mol. The molecular formula is C6H13NOS. The maximum Gasteiger partial charge on any atom is 0.0893 e. The van der Waals surface area contributed by atoms with E-state index in [0.717, 1.165) is 0 Å². The molecule has 0 saturated heterocycles. The first-order valence-electron chi connectivity index (χ1n) is 3.25. The molecule has 2 nitrogen and oxygen atoms in total. The normalized spacial score (nSPS) is 26.9. The Morgan fingerprint density at radius 3 is 2.33 bits per heavy atom. The lowest BCUT2D eigenvalue weighted by Gasteiger charge is -2.37. The fourth-order valence-electron chi connectivity index (χ4n) is 1.27. The van der Waals surface area contributed by atoms with Gasteiger partial charge in [-0.2, -0.15) is 0 Å². The van der Waals surface area contributed by atoms with E-state index in [1.165, 1.54) is 19.3 Å². The Morgan fingerprint density at radius 2 is 2.22 bits per heavy atom. The Kier molecular flexibility index (Phi) is 1.91. The minimum Gasteiger partial charge on any atom is -0.252 e. The molecule has 1 atom stereocenters. The van der Waals surface area contributed by atoms with Gasteiger partial charge in [-0.25, -0.2) is 4.21 Å². The lowest BCUT2D eigenvalue weighted by atomic mass is 9.72. The van der Waals surface area contributed by atoms with Crippen LogP contribution in [-0.2, 0) is 11.0 Å². The average Bonchev–Trinajstić information content (AvgIpc) is 1.60. The molecule has 0 heterocycles. The summed E-state index contributed by atoms with van der Waals surface area (Å²) in [6, 6.07) is 0. The first-order chi connectivity index (χ1) is 4.12. The van der Waals surface area contributed by atoms with Gasteiger partial charge >= 0.3 is 0 Å². The van der Waals surface area contributed by atoms with Gasteiger partial charge in [0.1, 0.15) is 0 Å². The molecule has 1 unspecified atom stereocenters. The lowest BCUT2D eigenvalue weighted by molar-refractivity contribution is 0.196. The second-order valence-electron chi connectivity index (χ2n) is 3.19. The highest BCUT2D eigenvalue weighted by molar-refractivity contribution is 7.82. The predicted molar refractivity (Wildman–Crippen MR) is 39.2 cm³/mol. The van der Waals surface area contributed by atoms with Crippen LogP contribution in [0, 0.1) is 5.41 Å². The van der Waals surface area contributed by atoms with Gasteiger partial charge in [-0.15, -0.1) is 0 Å². The Bertz CT molecular complexity index is 131. The quantitative estimate of drug-likeness (QED) is 0.617. The van der Waals surface area contributed by atoms with E-state index >= 15 is 0 Å². The molecule has 0 aromatic rings. The molecule has 0 aromatic carbocycles. The molecule has 0 radical (unpaired) electrons. The lowest BCUT2D eigenvalue weighted by Crippen LogP contribution is -2.33. The van der Waals surface area contributed by atoms with Crippen molar-refractivity contribution in [2.24, 2.45) is 10.6 Å². The van der Waals surface area contributed by atoms with Crippen molar-refractivity contribution in [2.45, 2.75) is 26.2 Å². The maximum atomic E-state index is 10.5. The van der Waals surface area contributed by atoms with Crippen molar-refractivity contribution >= 4 is 11.0 Å². The van der Waals surface area contributed by atoms with Gasteiger partial charge in [-0.3, -0.25) is 5.14 Å². The summed E-state index contributed by atoms with van der Waals surface area (Å²) in [6.07, 6.45) is 3.69. The summed E-state index contributed by atoms with van der Waals surface area (Å²) in [7, 11) is -1.08. The summed E-state index contributed by atoms with van der Waals surface area (Å²) in [4.78, 5) is 0. The van der Waals surface area contributed by atoms with Crippen LogP contribution < -0.4 is 5.14 Å². The summed E-state index contributed by atoms with van der Waals surface area (Å²) in [5, 5.41) is 5.16. The second-order valence-corrected chi connectivity index (χ2v) is 4.24. The SMILES string of the molecule is CC1(CS(N)=O)CCC1. The van der Waals surface area contributed by atoms with E-state index in [9.17, 15) is 4.21 Å². The van der Waals surface area contributed by atoms with Crippen molar-refractivity contribution in [1.29, 1.82) is 0 Å². The van der Waals surface area contributed by atoms with Gasteiger partial charge in [0, 0.05) is 5.75 Å². The van der Waals surface area contributed by atoms with Gasteiger partial charge in [-0.05, 0) is 18.3 Å². The van der Waals surface area contributed by atoms with Crippen LogP contribution in [0.25, 0.3) is 0 Å². The summed E-state index contributed by atoms with van der Waals surface area (Å²) < 4.78 is 10.5. The third kappa shape index (κ3) is 1.76. The number of rotatable bonds is 2. The fraction of sp³-hybridized carbons (Fsp3) is 1.00. The molecule has 54 valence electrons. The van der Waals surface area contributed by atoms with E-state index in [1.807, 2.05) is 0 Å².